The Labute approximate surface area is 231 Å². The van der Waals surface area contributed by atoms with Gasteiger partial charge in [-0.15, -0.1) is 0 Å². The zero-order valence-corrected chi connectivity index (χ0v) is 22.8. The molecule has 2 aromatic carbocycles. The smallest absolute Gasteiger partial charge is 0.254 e. The maximum Gasteiger partial charge on any atom is 0.254 e. The lowest BCUT2D eigenvalue weighted by atomic mass is 10.1. The molecule has 2 aromatic rings. The number of hydrogen-bond donors (Lipinski definition) is 2. The van der Waals surface area contributed by atoms with Crippen molar-refractivity contribution in [1.29, 1.82) is 0 Å². The number of amidine groups is 2. The molecule has 38 heavy (non-hydrogen) atoms. The van der Waals surface area contributed by atoms with Crippen LogP contribution >= 0.6 is 23.2 Å². The van der Waals surface area contributed by atoms with Crippen molar-refractivity contribution in [2.75, 3.05) is 53.4 Å². The number of nitrogens with zero attached hydrogens (tertiary/aromatic N) is 5. The Morgan fingerprint density at radius 2 is 1.92 bits per heavy atom. The molecule has 1 saturated heterocycles. The maximum absolute atomic E-state index is 14.1. The molecule has 1 fully saturated rings. The van der Waals surface area contributed by atoms with Gasteiger partial charge in [-0.05, 0) is 37.4 Å². The number of aliphatic imine (C=N–C) groups is 2. The Kier molecular flexibility index (Phi) is 8.76. The Morgan fingerprint density at radius 1 is 1.18 bits per heavy atom. The van der Waals surface area contributed by atoms with Crippen LogP contribution in [0.3, 0.4) is 0 Å². The third kappa shape index (κ3) is 6.20. The van der Waals surface area contributed by atoms with Gasteiger partial charge in [0.25, 0.3) is 5.91 Å². The number of amides is 1. The van der Waals surface area contributed by atoms with Crippen LogP contribution in [0, 0.1) is 5.82 Å². The minimum atomic E-state index is -0.557. The van der Waals surface area contributed by atoms with E-state index in [9.17, 15) is 9.18 Å². The molecule has 2 heterocycles. The molecular weight excluding hydrogens is 532 g/mol. The van der Waals surface area contributed by atoms with Gasteiger partial charge < -0.3 is 30.9 Å². The first-order valence-electron chi connectivity index (χ1n) is 12.1. The minimum absolute atomic E-state index is 0.0458. The van der Waals surface area contributed by atoms with E-state index < -0.39 is 5.82 Å². The van der Waals surface area contributed by atoms with Crippen LogP contribution < -0.4 is 16.2 Å². The summed E-state index contributed by atoms with van der Waals surface area (Å²) >= 11 is 12.5. The highest BCUT2D eigenvalue weighted by molar-refractivity contribution is 6.36. The SMILES string of the molecule is COc1cc(C(=O)N2CCN(C)CC2)ccc1N=C(N)/C=C1\C(N)=NCCN1Cc1c(Cl)ccc(F)c1Cl. The number of nitrogens with two attached hydrogens (primary N) is 2. The van der Waals surface area contributed by atoms with E-state index in [-0.39, 0.29) is 29.1 Å². The summed E-state index contributed by atoms with van der Waals surface area (Å²) in [6, 6.07) is 7.74. The Hall–Kier alpha value is -3.34. The van der Waals surface area contributed by atoms with Crippen LogP contribution in [-0.4, -0.2) is 85.7 Å². The van der Waals surface area contributed by atoms with E-state index in [0.717, 1.165) is 13.1 Å². The molecule has 4 N–H and O–H groups in total. The van der Waals surface area contributed by atoms with Crippen LogP contribution in [0.25, 0.3) is 0 Å². The van der Waals surface area contributed by atoms with E-state index >= 15 is 0 Å². The first-order chi connectivity index (χ1) is 18.2. The number of benzene rings is 2. The number of piperazine rings is 1. The van der Waals surface area contributed by atoms with E-state index in [2.05, 4.69) is 14.9 Å². The standard InChI is InChI=1S/C26H30Cl2FN7O2/c1-34-9-11-35(12-10-34)26(37)16-3-6-20(22(13-16)38-2)33-23(30)14-21-25(31)32-7-8-36(21)15-17-18(27)4-5-19(29)24(17)28/h3-6,13-14H,7-12,15H2,1-2H3,(H2,30,33)(H2,31,32)/b21-14+. The topological polar surface area (TPSA) is 113 Å². The van der Waals surface area contributed by atoms with Crippen LogP contribution in [0.5, 0.6) is 5.75 Å². The van der Waals surface area contributed by atoms with Crippen molar-refractivity contribution in [3.8, 4) is 5.75 Å². The second kappa shape index (κ2) is 12.0. The third-order valence-electron chi connectivity index (χ3n) is 6.49. The number of halogens is 3. The summed E-state index contributed by atoms with van der Waals surface area (Å²) in [5.41, 5.74) is 14.4. The number of hydrogen-bond acceptors (Lipinski definition) is 7. The summed E-state index contributed by atoms with van der Waals surface area (Å²) < 4.78 is 19.6. The summed E-state index contributed by atoms with van der Waals surface area (Å²) in [5.74, 6) is 0.194. The fourth-order valence-corrected chi connectivity index (χ4v) is 4.79. The fraction of sp³-hybridized carbons (Fsp3) is 0.346. The summed E-state index contributed by atoms with van der Waals surface area (Å²) in [4.78, 5) is 27.6. The number of rotatable bonds is 6. The molecule has 0 radical (unpaired) electrons. The van der Waals surface area contributed by atoms with Crippen LogP contribution in [0.1, 0.15) is 15.9 Å². The highest BCUT2D eigenvalue weighted by Gasteiger charge is 2.23. The van der Waals surface area contributed by atoms with E-state index in [0.29, 0.717) is 59.5 Å². The molecule has 4 rings (SSSR count). The van der Waals surface area contributed by atoms with Gasteiger partial charge in [0, 0.05) is 61.5 Å². The van der Waals surface area contributed by atoms with Gasteiger partial charge >= 0.3 is 0 Å². The molecule has 0 unspecified atom stereocenters. The fourth-order valence-electron chi connectivity index (χ4n) is 4.30. The summed E-state index contributed by atoms with van der Waals surface area (Å²) in [6.07, 6.45) is 1.59. The maximum atomic E-state index is 14.1. The zero-order chi connectivity index (χ0) is 27.4. The zero-order valence-electron chi connectivity index (χ0n) is 21.3. The number of methoxy groups -OCH3 is 1. The molecule has 9 nitrogen and oxygen atoms in total. The van der Waals surface area contributed by atoms with Gasteiger partial charge in [0.2, 0.25) is 0 Å². The van der Waals surface area contributed by atoms with Gasteiger partial charge in [0.15, 0.2) is 0 Å². The van der Waals surface area contributed by atoms with Crippen molar-refractivity contribution in [2.24, 2.45) is 21.5 Å². The van der Waals surface area contributed by atoms with E-state index in [4.69, 9.17) is 39.4 Å². The number of carbonyl (C=O) groups excluding carboxylic acids is 1. The number of ether oxygens (including phenoxy) is 1. The quantitative estimate of drug-likeness (QED) is 0.318. The Morgan fingerprint density at radius 3 is 2.63 bits per heavy atom. The lowest BCUT2D eigenvalue weighted by molar-refractivity contribution is 0.0664. The highest BCUT2D eigenvalue weighted by atomic mass is 35.5. The molecule has 202 valence electrons. The first-order valence-corrected chi connectivity index (χ1v) is 12.8. The van der Waals surface area contributed by atoms with Crippen molar-refractivity contribution in [2.45, 2.75) is 6.54 Å². The molecule has 2 aliphatic rings. The molecule has 0 saturated carbocycles. The van der Waals surface area contributed by atoms with Gasteiger partial charge in [0.05, 0.1) is 24.4 Å². The van der Waals surface area contributed by atoms with Gasteiger partial charge in [-0.1, -0.05) is 23.2 Å². The predicted molar refractivity (Wildman–Crippen MR) is 149 cm³/mol. The average Bonchev–Trinajstić information content (AvgIpc) is 2.91. The van der Waals surface area contributed by atoms with Crippen molar-refractivity contribution in [3.05, 3.63) is 69.1 Å². The molecule has 0 bridgehead atoms. The molecule has 12 heteroatoms. The molecule has 0 aromatic heterocycles. The Bertz CT molecular complexity index is 1310. The average molecular weight is 562 g/mol. The minimum Gasteiger partial charge on any atom is -0.494 e. The molecule has 0 spiro atoms. The van der Waals surface area contributed by atoms with E-state index in [1.165, 1.54) is 19.2 Å². The monoisotopic (exact) mass is 561 g/mol. The molecule has 0 atom stereocenters. The highest BCUT2D eigenvalue weighted by Crippen LogP contribution is 2.31. The van der Waals surface area contributed by atoms with Crippen LogP contribution in [0.15, 0.2) is 52.1 Å². The summed E-state index contributed by atoms with van der Waals surface area (Å²) in [5, 5.41) is 0.296. The molecular formula is C26H30Cl2FN7O2. The van der Waals surface area contributed by atoms with Crippen molar-refractivity contribution < 1.29 is 13.9 Å². The molecule has 2 aliphatic heterocycles. The van der Waals surface area contributed by atoms with Gasteiger partial charge in [-0.25, -0.2) is 9.38 Å². The normalized spacial score (nSPS) is 18.1. The van der Waals surface area contributed by atoms with Gasteiger partial charge in [0.1, 0.15) is 28.9 Å². The molecule has 0 aliphatic carbocycles. The van der Waals surface area contributed by atoms with Crippen molar-refractivity contribution in [3.63, 3.8) is 0 Å². The Balaban J connectivity index is 1.58. The second-order valence-corrected chi connectivity index (χ2v) is 9.84. The summed E-state index contributed by atoms with van der Waals surface area (Å²) in [6.45, 7) is 4.15. The second-order valence-electron chi connectivity index (χ2n) is 9.06. The van der Waals surface area contributed by atoms with E-state index in [1.807, 2.05) is 16.8 Å². The predicted octanol–water partition coefficient (Wildman–Crippen LogP) is 3.27. The number of carbonyl (C=O) groups is 1. The van der Waals surface area contributed by atoms with Crippen LogP contribution in [0.2, 0.25) is 10.0 Å². The summed E-state index contributed by atoms with van der Waals surface area (Å²) in [7, 11) is 3.54. The number of likely N-dealkylation sites (N-methyl/N-ethyl adjacent to an activating group) is 1. The molecule has 1 amide bonds. The third-order valence-corrected chi connectivity index (χ3v) is 7.26. The van der Waals surface area contributed by atoms with Crippen molar-refractivity contribution in [1.82, 2.24) is 14.7 Å². The van der Waals surface area contributed by atoms with Crippen molar-refractivity contribution >= 4 is 46.5 Å². The van der Waals surface area contributed by atoms with Crippen LogP contribution in [0.4, 0.5) is 10.1 Å². The van der Waals surface area contributed by atoms with Gasteiger partial charge in [-0.3, -0.25) is 9.79 Å². The first kappa shape index (κ1) is 27.7. The lowest BCUT2D eigenvalue weighted by Gasteiger charge is -2.32. The van der Waals surface area contributed by atoms with Crippen LogP contribution in [-0.2, 0) is 6.54 Å². The van der Waals surface area contributed by atoms with E-state index in [1.54, 1.807) is 24.3 Å². The van der Waals surface area contributed by atoms with Gasteiger partial charge in [-0.2, -0.15) is 0 Å². The largest absolute Gasteiger partial charge is 0.494 e. The lowest BCUT2D eigenvalue weighted by Crippen LogP contribution is -2.47.